The number of carbonyl (C=O) groups is 1. The van der Waals surface area contributed by atoms with Crippen LogP contribution < -0.4 is 10.6 Å². The van der Waals surface area contributed by atoms with Crippen molar-refractivity contribution in [3.05, 3.63) is 40.6 Å². The van der Waals surface area contributed by atoms with Crippen LogP contribution in [0, 0.1) is 20.8 Å². The predicted molar refractivity (Wildman–Crippen MR) is 74.7 cm³/mol. The summed E-state index contributed by atoms with van der Waals surface area (Å²) in [6.07, 6.45) is 0. The Kier molecular flexibility index (Phi) is 3.93. The lowest BCUT2D eigenvalue weighted by Gasteiger charge is -2.09. The predicted octanol–water partition coefficient (Wildman–Crippen LogP) is 2.63. The second kappa shape index (κ2) is 5.64. The minimum Gasteiger partial charge on any atom is -0.507 e. The molecule has 2 aromatic rings. The fraction of sp³-hybridized carbons (Fsp3) is 0.286. The van der Waals surface area contributed by atoms with E-state index in [9.17, 15) is 9.90 Å². The molecule has 0 bridgehead atoms. The normalized spacial score (nSPS) is 10.3. The molecule has 0 aliphatic carbocycles. The second-order valence-electron chi connectivity index (χ2n) is 4.71. The van der Waals surface area contributed by atoms with Gasteiger partial charge in [0, 0.05) is 12.6 Å². The van der Waals surface area contributed by atoms with Crippen LogP contribution in [0.15, 0.2) is 22.7 Å². The van der Waals surface area contributed by atoms with E-state index >= 15 is 0 Å². The molecular weight excluding hydrogens is 258 g/mol. The van der Waals surface area contributed by atoms with E-state index in [1.165, 1.54) is 0 Å². The monoisotopic (exact) mass is 275 g/mol. The number of aromatic nitrogens is 1. The van der Waals surface area contributed by atoms with Crippen LogP contribution in [0.5, 0.6) is 5.75 Å². The van der Waals surface area contributed by atoms with Gasteiger partial charge in [0.1, 0.15) is 11.5 Å². The fourth-order valence-corrected chi connectivity index (χ4v) is 1.92. The fourth-order valence-electron chi connectivity index (χ4n) is 1.92. The lowest BCUT2D eigenvalue weighted by Crippen LogP contribution is -2.28. The average Bonchev–Trinajstić information content (AvgIpc) is 2.78. The molecule has 0 aliphatic rings. The van der Waals surface area contributed by atoms with E-state index in [2.05, 4.69) is 15.8 Å². The number of nitrogens with zero attached hydrogens (tertiary/aromatic N) is 1. The summed E-state index contributed by atoms with van der Waals surface area (Å²) in [5, 5.41) is 18.6. The zero-order valence-electron chi connectivity index (χ0n) is 11.7. The molecular formula is C14H17N3O3. The number of carbonyl (C=O) groups excluding carboxylic acids is 1. The first kappa shape index (κ1) is 13.9. The maximum atomic E-state index is 11.7. The van der Waals surface area contributed by atoms with Gasteiger partial charge in [-0.1, -0.05) is 17.3 Å². The lowest BCUT2D eigenvalue weighted by molar-refractivity contribution is 0.251. The summed E-state index contributed by atoms with van der Waals surface area (Å²) in [7, 11) is 0. The molecule has 1 heterocycles. The molecule has 0 aliphatic heterocycles. The molecule has 0 saturated heterocycles. The Bertz CT molecular complexity index is 611. The highest BCUT2D eigenvalue weighted by atomic mass is 16.5. The highest BCUT2D eigenvalue weighted by Gasteiger charge is 2.07. The number of hydrogen-bond acceptors (Lipinski definition) is 4. The maximum absolute atomic E-state index is 11.7. The van der Waals surface area contributed by atoms with Crippen molar-refractivity contribution >= 4 is 11.8 Å². The molecule has 1 aromatic carbocycles. The molecule has 2 amide bonds. The van der Waals surface area contributed by atoms with Crippen LogP contribution in [0.1, 0.15) is 22.5 Å². The third kappa shape index (κ3) is 3.28. The van der Waals surface area contributed by atoms with Crippen LogP contribution in [-0.2, 0) is 6.54 Å². The van der Waals surface area contributed by atoms with Crippen LogP contribution in [0.4, 0.5) is 10.6 Å². The van der Waals surface area contributed by atoms with Crippen LogP contribution in [-0.4, -0.2) is 16.3 Å². The van der Waals surface area contributed by atoms with E-state index < -0.39 is 0 Å². The van der Waals surface area contributed by atoms with Gasteiger partial charge in [-0.3, -0.25) is 5.32 Å². The zero-order chi connectivity index (χ0) is 14.7. The molecule has 6 nitrogen and oxygen atoms in total. The van der Waals surface area contributed by atoms with E-state index in [0.29, 0.717) is 18.1 Å². The van der Waals surface area contributed by atoms with Crippen LogP contribution in [0.25, 0.3) is 0 Å². The van der Waals surface area contributed by atoms with Crippen molar-refractivity contribution in [1.29, 1.82) is 0 Å². The van der Waals surface area contributed by atoms with Crippen molar-refractivity contribution < 1.29 is 14.4 Å². The Morgan fingerprint density at radius 2 is 1.90 bits per heavy atom. The molecule has 0 unspecified atom stereocenters. The first-order chi connectivity index (χ1) is 9.45. The molecule has 0 radical (unpaired) electrons. The number of phenolic OH excluding ortho intramolecular Hbond substituents is 1. The van der Waals surface area contributed by atoms with Crippen molar-refractivity contribution in [2.45, 2.75) is 27.3 Å². The summed E-state index contributed by atoms with van der Waals surface area (Å²) in [5.74, 6) is 1.29. The van der Waals surface area contributed by atoms with E-state index in [1.54, 1.807) is 13.0 Å². The molecule has 0 saturated carbocycles. The molecule has 0 spiro atoms. The quantitative estimate of drug-likeness (QED) is 0.803. The number of hydrogen-bond donors (Lipinski definition) is 3. The average molecular weight is 275 g/mol. The van der Waals surface area contributed by atoms with Crippen LogP contribution in [0.3, 0.4) is 0 Å². The van der Waals surface area contributed by atoms with Crippen molar-refractivity contribution in [3.8, 4) is 5.75 Å². The molecule has 3 N–H and O–H groups in total. The Morgan fingerprint density at radius 3 is 2.45 bits per heavy atom. The van der Waals surface area contributed by atoms with Crippen molar-refractivity contribution in [2.75, 3.05) is 5.32 Å². The number of benzene rings is 1. The van der Waals surface area contributed by atoms with Gasteiger partial charge in [-0.15, -0.1) is 0 Å². The molecule has 0 fully saturated rings. The summed E-state index contributed by atoms with van der Waals surface area (Å²) in [5.41, 5.74) is 2.49. The van der Waals surface area contributed by atoms with E-state index in [-0.39, 0.29) is 11.8 Å². The van der Waals surface area contributed by atoms with Crippen LogP contribution in [0.2, 0.25) is 0 Å². The third-order valence-electron chi connectivity index (χ3n) is 2.87. The summed E-state index contributed by atoms with van der Waals surface area (Å²) in [6.45, 7) is 5.76. The Hall–Kier alpha value is -2.50. The number of rotatable bonds is 3. The van der Waals surface area contributed by atoms with Crippen molar-refractivity contribution in [3.63, 3.8) is 0 Å². The van der Waals surface area contributed by atoms with Gasteiger partial charge in [0.15, 0.2) is 5.82 Å². The number of aryl methyl sites for hydroxylation is 3. The lowest BCUT2D eigenvalue weighted by atomic mass is 10.1. The Labute approximate surface area is 116 Å². The first-order valence-electron chi connectivity index (χ1n) is 6.23. The number of aromatic hydroxyl groups is 1. The number of urea groups is 1. The number of phenols is 1. The van der Waals surface area contributed by atoms with E-state index in [0.717, 1.165) is 16.7 Å². The van der Waals surface area contributed by atoms with E-state index in [1.807, 2.05) is 26.0 Å². The molecule has 106 valence electrons. The van der Waals surface area contributed by atoms with Gasteiger partial charge in [0.05, 0.1) is 0 Å². The summed E-state index contributed by atoms with van der Waals surface area (Å²) >= 11 is 0. The zero-order valence-corrected chi connectivity index (χ0v) is 11.7. The van der Waals surface area contributed by atoms with Crippen LogP contribution >= 0.6 is 0 Å². The van der Waals surface area contributed by atoms with Crippen molar-refractivity contribution in [2.24, 2.45) is 0 Å². The first-order valence-corrected chi connectivity index (χ1v) is 6.23. The largest absolute Gasteiger partial charge is 0.507 e. The van der Waals surface area contributed by atoms with E-state index in [4.69, 9.17) is 4.52 Å². The Morgan fingerprint density at radius 1 is 1.25 bits per heavy atom. The third-order valence-corrected chi connectivity index (χ3v) is 2.87. The Balaban J connectivity index is 1.93. The maximum Gasteiger partial charge on any atom is 0.320 e. The topological polar surface area (TPSA) is 87.4 Å². The number of anilines is 1. The van der Waals surface area contributed by atoms with Gasteiger partial charge < -0.3 is 14.9 Å². The molecule has 1 aromatic heterocycles. The van der Waals surface area contributed by atoms with Crippen molar-refractivity contribution in [1.82, 2.24) is 10.5 Å². The SMILES string of the molecule is Cc1cc(NC(=O)NCc2cc(C)c(O)c(C)c2)no1. The molecule has 6 heteroatoms. The van der Waals surface area contributed by atoms with Gasteiger partial charge in [0.25, 0.3) is 0 Å². The summed E-state index contributed by atoms with van der Waals surface area (Å²) in [6, 6.07) is 4.95. The highest BCUT2D eigenvalue weighted by Crippen LogP contribution is 2.22. The minimum atomic E-state index is -0.360. The van der Waals surface area contributed by atoms with Gasteiger partial charge in [-0.25, -0.2) is 4.79 Å². The smallest absolute Gasteiger partial charge is 0.320 e. The van der Waals surface area contributed by atoms with Gasteiger partial charge in [0.2, 0.25) is 0 Å². The molecule has 2 rings (SSSR count). The highest BCUT2D eigenvalue weighted by molar-refractivity contribution is 5.88. The second-order valence-corrected chi connectivity index (χ2v) is 4.71. The molecule has 0 atom stereocenters. The van der Waals surface area contributed by atoms with Gasteiger partial charge >= 0.3 is 6.03 Å². The van der Waals surface area contributed by atoms with Gasteiger partial charge in [-0.05, 0) is 37.5 Å². The summed E-state index contributed by atoms with van der Waals surface area (Å²) < 4.78 is 4.85. The van der Waals surface area contributed by atoms with Gasteiger partial charge in [-0.2, -0.15) is 0 Å². The number of amides is 2. The minimum absolute atomic E-state index is 0.288. The summed E-state index contributed by atoms with van der Waals surface area (Å²) in [4.78, 5) is 11.7. The standard InChI is InChI=1S/C14H17N3O3/c1-8-4-11(5-9(2)13(8)18)7-15-14(19)16-12-6-10(3)20-17-12/h4-6,18H,7H2,1-3H3,(H2,15,16,17,19). The molecule has 20 heavy (non-hydrogen) atoms. The number of nitrogens with one attached hydrogen (secondary N) is 2.